The van der Waals surface area contributed by atoms with Crippen molar-refractivity contribution in [2.24, 2.45) is 0 Å². The monoisotopic (exact) mass is 321 g/mol. The van der Waals surface area contributed by atoms with Gasteiger partial charge in [-0.05, 0) is 42.7 Å². The van der Waals surface area contributed by atoms with E-state index in [1.54, 1.807) is 0 Å². The molecule has 1 aliphatic carbocycles. The minimum absolute atomic E-state index is 0.240. The van der Waals surface area contributed by atoms with Gasteiger partial charge in [0, 0.05) is 28.4 Å². The van der Waals surface area contributed by atoms with Gasteiger partial charge in [0.2, 0.25) is 0 Å². The Morgan fingerprint density at radius 2 is 1.74 bits per heavy atom. The summed E-state index contributed by atoms with van der Waals surface area (Å²) in [4.78, 5) is 12.3. The standard InChI is InChI=1S/C20H16ClNO/c21-15-8-4-9-16(12-15)22-18-10-5-11-20(23)17(18)13-19(22)14-6-2-1-3-7-14/h1-4,6-9,12-13H,5,10-11H2. The summed E-state index contributed by atoms with van der Waals surface area (Å²) in [5.74, 6) is 0.240. The minimum atomic E-state index is 0.240. The molecular formula is C20H16ClNO. The Bertz CT molecular complexity index is 880. The maximum absolute atomic E-state index is 12.3. The van der Waals surface area contributed by atoms with E-state index in [2.05, 4.69) is 16.7 Å². The van der Waals surface area contributed by atoms with E-state index >= 15 is 0 Å². The third-order valence-corrected chi connectivity index (χ3v) is 4.59. The number of Topliss-reactive ketones (excluding diaryl/α,β-unsaturated/α-hetero) is 1. The zero-order valence-corrected chi connectivity index (χ0v) is 13.4. The van der Waals surface area contributed by atoms with Crippen LogP contribution in [0.15, 0.2) is 60.7 Å². The predicted octanol–water partition coefficient (Wildman–Crippen LogP) is 5.32. The first-order valence-corrected chi connectivity index (χ1v) is 8.21. The molecule has 1 aromatic heterocycles. The Balaban J connectivity index is 2.01. The molecule has 3 aromatic rings. The van der Waals surface area contributed by atoms with Crippen molar-refractivity contribution in [3.63, 3.8) is 0 Å². The molecule has 23 heavy (non-hydrogen) atoms. The quantitative estimate of drug-likeness (QED) is 0.626. The first-order chi connectivity index (χ1) is 11.2. The fourth-order valence-electron chi connectivity index (χ4n) is 3.32. The molecule has 0 spiro atoms. The first kappa shape index (κ1) is 14.3. The van der Waals surface area contributed by atoms with Crippen LogP contribution in [0.4, 0.5) is 0 Å². The van der Waals surface area contributed by atoms with Crippen LogP contribution >= 0.6 is 11.6 Å². The van der Waals surface area contributed by atoms with E-state index in [1.165, 1.54) is 0 Å². The van der Waals surface area contributed by atoms with E-state index in [1.807, 2.05) is 48.5 Å². The molecule has 0 atom stereocenters. The molecule has 1 aliphatic rings. The molecule has 0 saturated carbocycles. The van der Waals surface area contributed by atoms with Crippen molar-refractivity contribution in [2.45, 2.75) is 19.3 Å². The van der Waals surface area contributed by atoms with E-state index in [9.17, 15) is 4.79 Å². The van der Waals surface area contributed by atoms with Gasteiger partial charge in [0.1, 0.15) is 0 Å². The van der Waals surface area contributed by atoms with Crippen LogP contribution in [0.5, 0.6) is 0 Å². The fourth-order valence-corrected chi connectivity index (χ4v) is 3.51. The maximum atomic E-state index is 12.3. The summed E-state index contributed by atoms with van der Waals surface area (Å²) < 4.78 is 2.19. The molecule has 0 radical (unpaired) electrons. The average molecular weight is 322 g/mol. The van der Waals surface area contributed by atoms with Crippen molar-refractivity contribution >= 4 is 17.4 Å². The molecule has 0 aliphatic heterocycles. The van der Waals surface area contributed by atoms with Crippen molar-refractivity contribution in [1.82, 2.24) is 4.57 Å². The van der Waals surface area contributed by atoms with Crippen molar-refractivity contribution in [2.75, 3.05) is 0 Å². The van der Waals surface area contributed by atoms with Crippen LogP contribution in [0.3, 0.4) is 0 Å². The number of rotatable bonds is 2. The summed E-state index contributed by atoms with van der Waals surface area (Å²) in [5, 5.41) is 0.700. The summed E-state index contributed by atoms with van der Waals surface area (Å²) in [7, 11) is 0. The van der Waals surface area contributed by atoms with Crippen molar-refractivity contribution in [3.8, 4) is 16.9 Å². The number of carbonyl (C=O) groups excluding carboxylic acids is 1. The highest BCUT2D eigenvalue weighted by Gasteiger charge is 2.25. The third kappa shape index (κ3) is 2.49. The number of halogens is 1. The van der Waals surface area contributed by atoms with Gasteiger partial charge in [0.05, 0.1) is 5.69 Å². The molecular weight excluding hydrogens is 306 g/mol. The van der Waals surface area contributed by atoms with Crippen molar-refractivity contribution < 1.29 is 4.79 Å². The second-order valence-corrected chi connectivity index (χ2v) is 6.28. The van der Waals surface area contributed by atoms with E-state index < -0.39 is 0 Å². The minimum Gasteiger partial charge on any atom is -0.313 e. The van der Waals surface area contributed by atoms with Crippen molar-refractivity contribution in [1.29, 1.82) is 0 Å². The number of aromatic nitrogens is 1. The van der Waals surface area contributed by atoms with Gasteiger partial charge in [0.25, 0.3) is 0 Å². The maximum Gasteiger partial charge on any atom is 0.164 e. The highest BCUT2D eigenvalue weighted by molar-refractivity contribution is 6.30. The van der Waals surface area contributed by atoms with E-state index in [0.717, 1.165) is 41.0 Å². The number of benzene rings is 2. The molecule has 0 fully saturated rings. The topological polar surface area (TPSA) is 22.0 Å². The summed E-state index contributed by atoms with van der Waals surface area (Å²) in [6, 6.07) is 20.0. The van der Waals surface area contributed by atoms with Gasteiger partial charge >= 0.3 is 0 Å². The van der Waals surface area contributed by atoms with Gasteiger partial charge in [0.15, 0.2) is 5.78 Å². The molecule has 2 nitrogen and oxygen atoms in total. The lowest BCUT2D eigenvalue weighted by Crippen LogP contribution is -2.12. The lowest BCUT2D eigenvalue weighted by molar-refractivity contribution is 0.0972. The average Bonchev–Trinajstić information content (AvgIpc) is 2.97. The largest absolute Gasteiger partial charge is 0.313 e. The molecule has 114 valence electrons. The smallest absolute Gasteiger partial charge is 0.164 e. The number of ketones is 1. The Morgan fingerprint density at radius 1 is 0.913 bits per heavy atom. The van der Waals surface area contributed by atoms with Gasteiger partial charge in [-0.3, -0.25) is 4.79 Å². The van der Waals surface area contributed by atoms with E-state index in [-0.39, 0.29) is 5.78 Å². The van der Waals surface area contributed by atoms with Crippen LogP contribution in [0, 0.1) is 0 Å². The Morgan fingerprint density at radius 3 is 2.52 bits per heavy atom. The summed E-state index contributed by atoms with van der Waals surface area (Å²) in [5.41, 5.74) is 5.12. The predicted molar refractivity (Wildman–Crippen MR) is 93.5 cm³/mol. The lowest BCUT2D eigenvalue weighted by Gasteiger charge is -2.17. The number of fused-ring (bicyclic) bond motifs is 1. The number of hydrogen-bond acceptors (Lipinski definition) is 1. The van der Waals surface area contributed by atoms with Gasteiger partial charge in [-0.25, -0.2) is 0 Å². The van der Waals surface area contributed by atoms with E-state index in [0.29, 0.717) is 11.4 Å². The zero-order chi connectivity index (χ0) is 15.8. The molecule has 0 amide bonds. The van der Waals surface area contributed by atoms with Crippen LogP contribution < -0.4 is 0 Å². The fraction of sp³-hybridized carbons (Fsp3) is 0.150. The summed E-state index contributed by atoms with van der Waals surface area (Å²) in [6.07, 6.45) is 2.46. The van der Waals surface area contributed by atoms with Crippen LogP contribution in [0.1, 0.15) is 28.9 Å². The lowest BCUT2D eigenvalue weighted by atomic mass is 9.96. The second kappa shape index (κ2) is 5.71. The third-order valence-electron chi connectivity index (χ3n) is 4.36. The van der Waals surface area contributed by atoms with Gasteiger partial charge in [-0.15, -0.1) is 0 Å². The van der Waals surface area contributed by atoms with Crippen LogP contribution in [0.2, 0.25) is 5.02 Å². The Kier molecular flexibility index (Phi) is 3.55. The Labute approximate surface area is 140 Å². The molecule has 3 heteroatoms. The zero-order valence-electron chi connectivity index (χ0n) is 12.6. The highest BCUT2D eigenvalue weighted by Crippen LogP contribution is 2.34. The Hall–Kier alpha value is -2.32. The van der Waals surface area contributed by atoms with Gasteiger partial charge in [-0.1, -0.05) is 48.0 Å². The molecule has 0 N–H and O–H groups in total. The van der Waals surface area contributed by atoms with E-state index in [4.69, 9.17) is 11.6 Å². The molecule has 0 saturated heterocycles. The summed E-state index contributed by atoms with van der Waals surface area (Å²) >= 11 is 6.19. The number of nitrogens with zero attached hydrogens (tertiary/aromatic N) is 1. The number of hydrogen-bond donors (Lipinski definition) is 0. The number of carbonyl (C=O) groups is 1. The van der Waals surface area contributed by atoms with Crippen molar-refractivity contribution in [3.05, 3.63) is 76.9 Å². The molecule has 1 heterocycles. The van der Waals surface area contributed by atoms with Crippen LogP contribution in [-0.4, -0.2) is 10.4 Å². The molecule has 2 aromatic carbocycles. The van der Waals surface area contributed by atoms with Crippen LogP contribution in [-0.2, 0) is 6.42 Å². The molecule has 0 unspecified atom stereocenters. The molecule has 4 rings (SSSR count). The highest BCUT2D eigenvalue weighted by atomic mass is 35.5. The molecule has 0 bridgehead atoms. The normalized spacial score (nSPS) is 13.9. The van der Waals surface area contributed by atoms with Gasteiger partial charge in [-0.2, -0.15) is 0 Å². The van der Waals surface area contributed by atoms with Gasteiger partial charge < -0.3 is 4.57 Å². The second-order valence-electron chi connectivity index (χ2n) is 5.85. The summed E-state index contributed by atoms with van der Waals surface area (Å²) in [6.45, 7) is 0. The first-order valence-electron chi connectivity index (χ1n) is 7.83. The van der Waals surface area contributed by atoms with Crippen LogP contribution in [0.25, 0.3) is 16.9 Å². The SMILES string of the molecule is O=C1CCCc2c1cc(-c1ccccc1)n2-c1cccc(Cl)c1.